The van der Waals surface area contributed by atoms with E-state index >= 15 is 0 Å². The highest BCUT2D eigenvalue weighted by molar-refractivity contribution is 6.27. The second-order valence-corrected chi connectivity index (χ2v) is 5.11. The first kappa shape index (κ1) is 18.7. The molecule has 1 aromatic carbocycles. The van der Waals surface area contributed by atoms with Gasteiger partial charge in [-0.3, -0.25) is 14.5 Å². The highest BCUT2D eigenvalue weighted by Crippen LogP contribution is 2.09. The Balaban J connectivity index is 0.00000242. The van der Waals surface area contributed by atoms with Crippen LogP contribution in [0.3, 0.4) is 0 Å². The zero-order valence-electron chi connectivity index (χ0n) is 11.9. The SMILES string of the molecule is Cl.O=C(CN1CCN(C(=O)CCl)CC1)Nc1ccc(F)cc1. The second kappa shape index (κ2) is 8.92. The van der Waals surface area contributed by atoms with E-state index in [9.17, 15) is 14.0 Å². The van der Waals surface area contributed by atoms with E-state index in [0.717, 1.165) is 0 Å². The average Bonchev–Trinajstić information content (AvgIpc) is 2.49. The van der Waals surface area contributed by atoms with Gasteiger partial charge in [0.25, 0.3) is 0 Å². The number of halogens is 3. The summed E-state index contributed by atoms with van der Waals surface area (Å²) in [6.07, 6.45) is 0. The molecule has 1 N–H and O–H groups in total. The van der Waals surface area contributed by atoms with Crippen LogP contribution in [0, 0.1) is 5.82 Å². The normalized spacial score (nSPS) is 15.1. The molecule has 8 heteroatoms. The van der Waals surface area contributed by atoms with E-state index in [1.54, 1.807) is 4.90 Å². The third-order valence-corrected chi connectivity index (χ3v) is 3.56. The quantitative estimate of drug-likeness (QED) is 0.839. The van der Waals surface area contributed by atoms with Crippen molar-refractivity contribution in [1.82, 2.24) is 9.80 Å². The van der Waals surface area contributed by atoms with E-state index < -0.39 is 0 Å². The monoisotopic (exact) mass is 349 g/mol. The largest absolute Gasteiger partial charge is 0.339 e. The summed E-state index contributed by atoms with van der Waals surface area (Å²) in [4.78, 5) is 27.0. The zero-order valence-corrected chi connectivity index (χ0v) is 13.5. The number of carbonyl (C=O) groups is 2. The number of nitrogens with one attached hydrogen (secondary N) is 1. The Morgan fingerprint density at radius 3 is 2.27 bits per heavy atom. The molecule has 1 heterocycles. The molecule has 0 bridgehead atoms. The minimum Gasteiger partial charge on any atom is -0.339 e. The minimum absolute atomic E-state index is 0. The van der Waals surface area contributed by atoms with E-state index in [1.165, 1.54) is 24.3 Å². The van der Waals surface area contributed by atoms with Crippen LogP contribution in [0.5, 0.6) is 0 Å². The Kier molecular flexibility index (Phi) is 7.58. The van der Waals surface area contributed by atoms with E-state index in [1.807, 2.05) is 4.90 Å². The first-order valence-electron chi connectivity index (χ1n) is 6.70. The highest BCUT2D eigenvalue weighted by atomic mass is 35.5. The Hall–Kier alpha value is -1.37. The van der Waals surface area contributed by atoms with Crippen molar-refractivity contribution in [3.05, 3.63) is 30.1 Å². The van der Waals surface area contributed by atoms with Crippen LogP contribution in [0.15, 0.2) is 24.3 Å². The topological polar surface area (TPSA) is 52.7 Å². The number of rotatable bonds is 4. The summed E-state index contributed by atoms with van der Waals surface area (Å²) in [6.45, 7) is 2.68. The molecule has 0 spiro atoms. The van der Waals surface area contributed by atoms with Crippen LogP contribution in [0.25, 0.3) is 0 Å². The van der Waals surface area contributed by atoms with Gasteiger partial charge >= 0.3 is 0 Å². The number of carbonyl (C=O) groups excluding carboxylic acids is 2. The predicted molar refractivity (Wildman–Crippen MR) is 86.0 cm³/mol. The van der Waals surface area contributed by atoms with Gasteiger partial charge in [0.05, 0.1) is 6.54 Å². The number of anilines is 1. The number of amides is 2. The van der Waals surface area contributed by atoms with E-state index in [2.05, 4.69) is 5.32 Å². The molecule has 0 atom stereocenters. The van der Waals surface area contributed by atoms with Gasteiger partial charge in [0.2, 0.25) is 11.8 Å². The molecular weight excluding hydrogens is 332 g/mol. The van der Waals surface area contributed by atoms with Crippen LogP contribution < -0.4 is 5.32 Å². The molecule has 1 fully saturated rings. The molecule has 0 unspecified atom stereocenters. The molecule has 0 radical (unpaired) electrons. The molecule has 2 rings (SSSR count). The molecule has 22 heavy (non-hydrogen) atoms. The van der Waals surface area contributed by atoms with Gasteiger partial charge in [0.15, 0.2) is 0 Å². The maximum Gasteiger partial charge on any atom is 0.238 e. The Morgan fingerprint density at radius 2 is 1.73 bits per heavy atom. The lowest BCUT2D eigenvalue weighted by atomic mass is 10.3. The molecule has 5 nitrogen and oxygen atoms in total. The van der Waals surface area contributed by atoms with Crippen LogP contribution in [-0.2, 0) is 9.59 Å². The smallest absolute Gasteiger partial charge is 0.238 e. The Bertz CT molecular complexity index is 505. The maximum absolute atomic E-state index is 12.8. The van der Waals surface area contributed by atoms with Gasteiger partial charge in [-0.2, -0.15) is 0 Å². The molecule has 1 aromatic rings. The van der Waals surface area contributed by atoms with E-state index in [-0.39, 0.29) is 42.5 Å². The molecule has 0 saturated carbocycles. The van der Waals surface area contributed by atoms with Crippen molar-refractivity contribution in [3.8, 4) is 0 Å². The van der Waals surface area contributed by atoms with Crippen molar-refractivity contribution in [2.45, 2.75) is 0 Å². The number of hydrogen-bond donors (Lipinski definition) is 1. The van der Waals surface area contributed by atoms with Crippen molar-refractivity contribution in [3.63, 3.8) is 0 Å². The summed E-state index contributed by atoms with van der Waals surface area (Å²) in [7, 11) is 0. The average molecular weight is 350 g/mol. The van der Waals surface area contributed by atoms with Crippen LogP contribution in [0.4, 0.5) is 10.1 Å². The number of piperazine rings is 1. The lowest BCUT2D eigenvalue weighted by Crippen LogP contribution is -2.50. The molecule has 0 aromatic heterocycles. The molecule has 0 aliphatic carbocycles. The Morgan fingerprint density at radius 1 is 1.14 bits per heavy atom. The van der Waals surface area contributed by atoms with Gasteiger partial charge in [-0.15, -0.1) is 24.0 Å². The Labute approximate surface area is 139 Å². The van der Waals surface area contributed by atoms with Gasteiger partial charge in [-0.05, 0) is 24.3 Å². The number of benzene rings is 1. The van der Waals surface area contributed by atoms with E-state index in [0.29, 0.717) is 31.9 Å². The lowest BCUT2D eigenvalue weighted by Gasteiger charge is -2.33. The van der Waals surface area contributed by atoms with Crippen molar-refractivity contribution in [1.29, 1.82) is 0 Å². The summed E-state index contributed by atoms with van der Waals surface area (Å²) in [5.41, 5.74) is 0.567. The maximum atomic E-state index is 12.8. The standard InChI is InChI=1S/C14H17ClFN3O2.ClH/c15-9-14(21)19-7-5-18(6-8-19)10-13(20)17-12-3-1-11(16)2-4-12;/h1-4H,5-10H2,(H,17,20);1H. The summed E-state index contributed by atoms with van der Waals surface area (Å²) < 4.78 is 12.8. The third kappa shape index (κ3) is 5.44. The van der Waals surface area contributed by atoms with Gasteiger partial charge in [0, 0.05) is 31.9 Å². The second-order valence-electron chi connectivity index (χ2n) is 4.85. The van der Waals surface area contributed by atoms with Crippen LogP contribution >= 0.6 is 24.0 Å². The van der Waals surface area contributed by atoms with Gasteiger partial charge in [-0.1, -0.05) is 0 Å². The summed E-state index contributed by atoms with van der Waals surface area (Å²) in [6, 6.07) is 5.63. The van der Waals surface area contributed by atoms with Crippen molar-refractivity contribution >= 4 is 41.5 Å². The van der Waals surface area contributed by atoms with Crippen LogP contribution in [-0.4, -0.2) is 60.2 Å². The van der Waals surface area contributed by atoms with Crippen LogP contribution in [0.1, 0.15) is 0 Å². The number of hydrogen-bond acceptors (Lipinski definition) is 3. The van der Waals surface area contributed by atoms with Crippen LogP contribution in [0.2, 0.25) is 0 Å². The van der Waals surface area contributed by atoms with Crippen molar-refractivity contribution in [2.24, 2.45) is 0 Å². The highest BCUT2D eigenvalue weighted by Gasteiger charge is 2.21. The molecule has 2 amide bonds. The fourth-order valence-corrected chi connectivity index (χ4v) is 2.35. The van der Waals surface area contributed by atoms with E-state index in [4.69, 9.17) is 11.6 Å². The molecule has 1 aliphatic heterocycles. The fourth-order valence-electron chi connectivity index (χ4n) is 2.18. The van der Waals surface area contributed by atoms with Gasteiger partial charge in [0.1, 0.15) is 11.7 Å². The summed E-state index contributed by atoms with van der Waals surface area (Å²) >= 11 is 5.51. The molecule has 122 valence electrons. The van der Waals surface area contributed by atoms with Gasteiger partial charge < -0.3 is 10.2 Å². The van der Waals surface area contributed by atoms with Crippen molar-refractivity contribution in [2.75, 3.05) is 43.9 Å². The zero-order chi connectivity index (χ0) is 15.2. The number of alkyl halides is 1. The fraction of sp³-hybridized carbons (Fsp3) is 0.429. The van der Waals surface area contributed by atoms with Gasteiger partial charge in [-0.25, -0.2) is 4.39 Å². The molecule has 1 saturated heterocycles. The lowest BCUT2D eigenvalue weighted by molar-refractivity contribution is -0.130. The predicted octanol–water partition coefficient (Wildman–Crippen LogP) is 1.57. The summed E-state index contributed by atoms with van der Waals surface area (Å²) in [5, 5.41) is 2.71. The van der Waals surface area contributed by atoms with Crippen molar-refractivity contribution < 1.29 is 14.0 Å². The third-order valence-electron chi connectivity index (χ3n) is 3.33. The number of nitrogens with zero attached hydrogens (tertiary/aromatic N) is 2. The molecule has 1 aliphatic rings. The minimum atomic E-state index is -0.340. The first-order valence-corrected chi connectivity index (χ1v) is 7.23. The summed E-state index contributed by atoms with van der Waals surface area (Å²) in [5.74, 6) is -0.579. The first-order chi connectivity index (χ1) is 10.1. The molecular formula is C14H18Cl2FN3O2.